The lowest BCUT2D eigenvalue weighted by Crippen LogP contribution is -2.33. The Morgan fingerprint density at radius 1 is 1.35 bits per heavy atom. The maximum absolute atomic E-state index is 8.97. The normalized spacial score (nSPS) is 13.4. The first-order valence-electron chi connectivity index (χ1n) is 6.74. The van der Waals surface area contributed by atoms with E-state index in [4.69, 9.17) is 10.4 Å². The van der Waals surface area contributed by atoms with Gasteiger partial charge in [0.15, 0.2) is 0 Å². The van der Waals surface area contributed by atoms with Gasteiger partial charge in [0.05, 0.1) is 6.07 Å². The molecule has 17 heavy (non-hydrogen) atoms. The van der Waals surface area contributed by atoms with Crippen molar-refractivity contribution in [3.63, 3.8) is 0 Å². The Balaban J connectivity index is 3.81. The highest BCUT2D eigenvalue weighted by molar-refractivity contribution is 4.79. The smallest absolute Gasteiger partial charge is 0.0621 e. The van der Waals surface area contributed by atoms with Gasteiger partial charge in [-0.3, -0.25) is 0 Å². The fourth-order valence-corrected chi connectivity index (χ4v) is 2.04. The molecule has 0 amide bonds. The van der Waals surface area contributed by atoms with E-state index in [9.17, 15) is 0 Å². The van der Waals surface area contributed by atoms with Crippen LogP contribution in [0.4, 0.5) is 0 Å². The molecule has 3 nitrogen and oxygen atoms in total. The molecule has 1 unspecified atom stereocenters. The molecule has 0 aliphatic rings. The molecule has 0 aliphatic heterocycles. The molecule has 0 aliphatic carbocycles. The second kappa shape index (κ2) is 9.44. The summed E-state index contributed by atoms with van der Waals surface area (Å²) >= 11 is 0. The fourth-order valence-electron chi connectivity index (χ4n) is 2.04. The van der Waals surface area contributed by atoms with Crippen molar-refractivity contribution in [3.8, 4) is 6.07 Å². The van der Waals surface area contributed by atoms with Crippen molar-refractivity contribution in [2.45, 2.75) is 52.9 Å². The summed E-state index contributed by atoms with van der Waals surface area (Å²) in [5, 5.41) is 21.0. The third-order valence-corrected chi connectivity index (χ3v) is 3.18. The predicted octanol–water partition coefficient (Wildman–Crippen LogP) is 2.70. The molecule has 0 fully saturated rings. The van der Waals surface area contributed by atoms with Crippen LogP contribution in [0.15, 0.2) is 0 Å². The number of nitrogens with one attached hydrogen (secondary N) is 1. The molecule has 0 saturated carbocycles. The minimum atomic E-state index is 0.186. The van der Waals surface area contributed by atoms with Crippen molar-refractivity contribution in [2.24, 2.45) is 11.3 Å². The van der Waals surface area contributed by atoms with Crippen LogP contribution in [0.2, 0.25) is 0 Å². The number of aliphatic hydroxyl groups excluding tert-OH is 1. The van der Waals surface area contributed by atoms with E-state index in [-0.39, 0.29) is 12.0 Å². The Hall–Kier alpha value is -0.590. The van der Waals surface area contributed by atoms with Crippen LogP contribution in [0.1, 0.15) is 52.9 Å². The molecular formula is C14H28N2O. The average Bonchev–Trinajstić information content (AvgIpc) is 2.27. The molecule has 0 aromatic heterocycles. The van der Waals surface area contributed by atoms with Gasteiger partial charge in [-0.05, 0) is 37.1 Å². The van der Waals surface area contributed by atoms with Crippen LogP contribution in [-0.4, -0.2) is 24.8 Å². The Morgan fingerprint density at radius 3 is 2.59 bits per heavy atom. The zero-order valence-electron chi connectivity index (χ0n) is 11.6. The molecule has 0 bridgehead atoms. The summed E-state index contributed by atoms with van der Waals surface area (Å²) < 4.78 is 0. The largest absolute Gasteiger partial charge is 0.396 e. The van der Waals surface area contributed by atoms with E-state index in [1.54, 1.807) is 0 Å². The van der Waals surface area contributed by atoms with Gasteiger partial charge in [0.1, 0.15) is 0 Å². The number of nitrogens with zero attached hydrogens (tertiary/aromatic N) is 1. The van der Waals surface area contributed by atoms with E-state index in [2.05, 4.69) is 32.2 Å². The summed E-state index contributed by atoms with van der Waals surface area (Å²) in [4.78, 5) is 0. The predicted molar refractivity (Wildman–Crippen MR) is 71.6 cm³/mol. The van der Waals surface area contributed by atoms with Gasteiger partial charge in [-0.1, -0.05) is 27.2 Å². The zero-order chi connectivity index (χ0) is 13.1. The summed E-state index contributed by atoms with van der Waals surface area (Å²) in [5.74, 6) is 0.580. The van der Waals surface area contributed by atoms with Gasteiger partial charge in [0, 0.05) is 19.6 Å². The molecule has 1 atom stereocenters. The van der Waals surface area contributed by atoms with Crippen molar-refractivity contribution in [1.82, 2.24) is 5.32 Å². The van der Waals surface area contributed by atoms with E-state index in [1.807, 2.05) is 0 Å². The Bertz CT molecular complexity index is 215. The van der Waals surface area contributed by atoms with Crippen LogP contribution in [0.25, 0.3) is 0 Å². The topological polar surface area (TPSA) is 56.0 Å². The first kappa shape index (κ1) is 16.4. The third-order valence-electron chi connectivity index (χ3n) is 3.18. The van der Waals surface area contributed by atoms with Crippen molar-refractivity contribution in [3.05, 3.63) is 0 Å². The number of rotatable bonds is 10. The highest BCUT2D eigenvalue weighted by Crippen LogP contribution is 2.21. The SMILES string of the molecule is CCCC(CCO)CNCC(C)(C)CCC#N. The van der Waals surface area contributed by atoms with Gasteiger partial charge in [0.25, 0.3) is 0 Å². The fraction of sp³-hybridized carbons (Fsp3) is 0.929. The molecule has 100 valence electrons. The molecule has 0 heterocycles. The number of hydrogen-bond acceptors (Lipinski definition) is 3. The number of nitriles is 1. The first-order chi connectivity index (χ1) is 8.05. The molecule has 0 rings (SSSR count). The van der Waals surface area contributed by atoms with E-state index >= 15 is 0 Å². The second-order valence-electron chi connectivity index (χ2n) is 5.62. The first-order valence-corrected chi connectivity index (χ1v) is 6.74. The minimum absolute atomic E-state index is 0.186. The van der Waals surface area contributed by atoms with E-state index in [0.29, 0.717) is 12.3 Å². The highest BCUT2D eigenvalue weighted by atomic mass is 16.3. The van der Waals surface area contributed by atoms with Gasteiger partial charge < -0.3 is 10.4 Å². The Kier molecular flexibility index (Phi) is 9.11. The molecule has 0 spiro atoms. The Labute approximate surface area is 106 Å². The molecule has 0 aromatic rings. The van der Waals surface area contributed by atoms with E-state index in [1.165, 1.54) is 12.8 Å². The van der Waals surface area contributed by atoms with Crippen LogP contribution in [-0.2, 0) is 0 Å². The zero-order valence-corrected chi connectivity index (χ0v) is 11.6. The van der Waals surface area contributed by atoms with E-state index in [0.717, 1.165) is 25.9 Å². The lowest BCUT2D eigenvalue weighted by molar-refractivity contribution is 0.240. The quantitative estimate of drug-likeness (QED) is 0.617. The van der Waals surface area contributed by atoms with Gasteiger partial charge in [-0.2, -0.15) is 5.26 Å². The summed E-state index contributed by atoms with van der Waals surface area (Å²) in [5.41, 5.74) is 0.186. The molecule has 3 heteroatoms. The van der Waals surface area contributed by atoms with Crippen LogP contribution >= 0.6 is 0 Å². The maximum atomic E-state index is 8.97. The average molecular weight is 240 g/mol. The molecule has 0 saturated heterocycles. The summed E-state index contributed by atoms with van der Waals surface area (Å²) in [7, 11) is 0. The summed E-state index contributed by atoms with van der Waals surface area (Å²) in [6.07, 6.45) is 4.80. The third kappa shape index (κ3) is 9.14. The standard InChI is InChI=1S/C14H28N2O/c1-4-6-13(7-10-17)11-16-12-14(2,3)8-5-9-15/h13,16-17H,4-8,10-12H2,1-3H3. The van der Waals surface area contributed by atoms with Gasteiger partial charge in [-0.15, -0.1) is 0 Å². The van der Waals surface area contributed by atoms with Gasteiger partial charge >= 0.3 is 0 Å². The number of hydrogen-bond donors (Lipinski definition) is 2. The molecule has 0 aromatic carbocycles. The molecular weight excluding hydrogens is 212 g/mol. The lowest BCUT2D eigenvalue weighted by atomic mass is 9.87. The minimum Gasteiger partial charge on any atom is -0.396 e. The van der Waals surface area contributed by atoms with Crippen molar-refractivity contribution < 1.29 is 5.11 Å². The van der Waals surface area contributed by atoms with E-state index < -0.39 is 0 Å². The van der Waals surface area contributed by atoms with Crippen LogP contribution in [0.3, 0.4) is 0 Å². The van der Waals surface area contributed by atoms with Crippen molar-refractivity contribution >= 4 is 0 Å². The lowest BCUT2D eigenvalue weighted by Gasteiger charge is -2.25. The van der Waals surface area contributed by atoms with Gasteiger partial charge in [0.2, 0.25) is 0 Å². The molecule has 2 N–H and O–H groups in total. The summed E-state index contributed by atoms with van der Waals surface area (Å²) in [6, 6.07) is 2.20. The summed E-state index contributed by atoms with van der Waals surface area (Å²) in [6.45, 7) is 8.77. The van der Waals surface area contributed by atoms with Crippen LogP contribution in [0.5, 0.6) is 0 Å². The monoisotopic (exact) mass is 240 g/mol. The van der Waals surface area contributed by atoms with Crippen molar-refractivity contribution in [1.29, 1.82) is 5.26 Å². The van der Waals surface area contributed by atoms with Gasteiger partial charge in [-0.25, -0.2) is 0 Å². The second-order valence-corrected chi connectivity index (χ2v) is 5.62. The van der Waals surface area contributed by atoms with Crippen LogP contribution < -0.4 is 5.32 Å². The maximum Gasteiger partial charge on any atom is 0.0621 e. The Morgan fingerprint density at radius 2 is 2.06 bits per heavy atom. The molecule has 0 radical (unpaired) electrons. The number of aliphatic hydroxyl groups is 1. The van der Waals surface area contributed by atoms with Crippen LogP contribution in [0, 0.1) is 22.7 Å². The highest BCUT2D eigenvalue weighted by Gasteiger charge is 2.17. The van der Waals surface area contributed by atoms with Crippen molar-refractivity contribution in [2.75, 3.05) is 19.7 Å².